The van der Waals surface area contributed by atoms with E-state index in [0.717, 1.165) is 11.1 Å². The molecule has 0 saturated carbocycles. The van der Waals surface area contributed by atoms with E-state index in [9.17, 15) is 5.11 Å². The normalized spacial score (nSPS) is 12.7. The molecule has 2 rings (SSSR count). The topological polar surface area (TPSA) is 46.0 Å². The summed E-state index contributed by atoms with van der Waals surface area (Å²) >= 11 is 1.25. The zero-order chi connectivity index (χ0) is 10.8. The molecule has 1 unspecified atom stereocenters. The molecule has 0 aliphatic carbocycles. The van der Waals surface area contributed by atoms with Gasteiger partial charge in [0.1, 0.15) is 11.8 Å². The van der Waals surface area contributed by atoms with E-state index in [-0.39, 0.29) is 0 Å². The Kier molecular flexibility index (Phi) is 2.79. The number of aliphatic hydroxyl groups is 1. The molecule has 0 amide bonds. The predicted molar refractivity (Wildman–Crippen MR) is 59.9 cm³/mol. The number of aliphatic hydroxyl groups excluding tert-OH is 1. The number of aromatic nitrogens is 2. The summed E-state index contributed by atoms with van der Waals surface area (Å²) in [5.41, 5.74) is 3.81. The summed E-state index contributed by atoms with van der Waals surface area (Å²) in [6.07, 6.45) is -0.663. The Bertz CT molecular complexity index is 454. The first-order valence-corrected chi connectivity index (χ1v) is 5.55. The van der Waals surface area contributed by atoms with Crippen LogP contribution in [-0.4, -0.2) is 14.7 Å². The highest BCUT2D eigenvalue weighted by Gasteiger charge is 2.15. The fraction of sp³-hybridized carbons (Fsp3) is 0.273. The minimum Gasteiger partial charge on any atom is -0.382 e. The van der Waals surface area contributed by atoms with Crippen LogP contribution >= 0.6 is 11.5 Å². The van der Waals surface area contributed by atoms with Gasteiger partial charge in [-0.2, -0.15) is 0 Å². The van der Waals surface area contributed by atoms with Gasteiger partial charge in [0.15, 0.2) is 0 Å². The van der Waals surface area contributed by atoms with Gasteiger partial charge in [0, 0.05) is 5.38 Å². The van der Waals surface area contributed by atoms with Crippen LogP contribution in [0.2, 0.25) is 0 Å². The highest BCUT2D eigenvalue weighted by Crippen LogP contribution is 2.25. The second-order valence-corrected chi connectivity index (χ2v) is 4.13. The SMILES string of the molecule is Cc1cccc(C(O)c2csnn2)c1C. The number of nitrogens with zero attached hydrogens (tertiary/aromatic N) is 2. The van der Waals surface area contributed by atoms with Gasteiger partial charge in [-0.15, -0.1) is 5.10 Å². The van der Waals surface area contributed by atoms with Crippen molar-refractivity contribution in [1.29, 1.82) is 0 Å². The van der Waals surface area contributed by atoms with Crippen molar-refractivity contribution in [1.82, 2.24) is 9.59 Å². The van der Waals surface area contributed by atoms with Gasteiger partial charge in [-0.1, -0.05) is 22.7 Å². The van der Waals surface area contributed by atoms with Crippen molar-refractivity contribution in [3.63, 3.8) is 0 Å². The monoisotopic (exact) mass is 220 g/mol. The fourth-order valence-electron chi connectivity index (χ4n) is 1.52. The summed E-state index contributed by atoms with van der Waals surface area (Å²) in [7, 11) is 0. The lowest BCUT2D eigenvalue weighted by atomic mass is 9.98. The van der Waals surface area contributed by atoms with Gasteiger partial charge < -0.3 is 5.11 Å². The van der Waals surface area contributed by atoms with E-state index in [1.807, 2.05) is 32.0 Å². The maximum absolute atomic E-state index is 10.1. The lowest BCUT2D eigenvalue weighted by molar-refractivity contribution is 0.214. The van der Waals surface area contributed by atoms with E-state index >= 15 is 0 Å². The van der Waals surface area contributed by atoms with E-state index in [1.165, 1.54) is 17.1 Å². The Labute approximate surface area is 92.6 Å². The molecule has 1 atom stereocenters. The molecule has 3 nitrogen and oxygen atoms in total. The molecule has 0 saturated heterocycles. The molecular weight excluding hydrogens is 208 g/mol. The number of benzene rings is 1. The van der Waals surface area contributed by atoms with Crippen LogP contribution in [0.4, 0.5) is 0 Å². The second kappa shape index (κ2) is 4.08. The van der Waals surface area contributed by atoms with Crippen molar-refractivity contribution < 1.29 is 5.11 Å². The molecule has 1 aromatic carbocycles. The summed E-state index contributed by atoms with van der Waals surface area (Å²) in [6.45, 7) is 4.04. The fourth-order valence-corrected chi connectivity index (χ4v) is 1.99. The number of hydrogen-bond acceptors (Lipinski definition) is 4. The molecule has 0 fully saturated rings. The molecule has 4 heteroatoms. The first-order valence-electron chi connectivity index (χ1n) is 4.71. The highest BCUT2D eigenvalue weighted by molar-refractivity contribution is 7.03. The van der Waals surface area contributed by atoms with Crippen molar-refractivity contribution in [2.45, 2.75) is 20.0 Å². The molecule has 0 aliphatic heterocycles. The molecule has 78 valence electrons. The first kappa shape index (κ1) is 10.3. The van der Waals surface area contributed by atoms with Gasteiger partial charge in [0.25, 0.3) is 0 Å². The Morgan fingerprint density at radius 3 is 2.80 bits per heavy atom. The van der Waals surface area contributed by atoms with Crippen LogP contribution in [0.25, 0.3) is 0 Å². The predicted octanol–water partition coefficient (Wildman–Crippen LogP) is 2.24. The third-order valence-electron chi connectivity index (χ3n) is 2.60. The van der Waals surface area contributed by atoms with Gasteiger partial charge >= 0.3 is 0 Å². The molecule has 1 N–H and O–H groups in total. The molecule has 0 aliphatic rings. The Hall–Kier alpha value is -1.26. The summed E-state index contributed by atoms with van der Waals surface area (Å²) < 4.78 is 3.75. The van der Waals surface area contributed by atoms with Gasteiger partial charge in [0.05, 0.1) is 0 Å². The summed E-state index contributed by atoms with van der Waals surface area (Å²) in [5, 5.41) is 15.7. The van der Waals surface area contributed by atoms with Crippen LogP contribution in [0.5, 0.6) is 0 Å². The van der Waals surface area contributed by atoms with Crippen molar-refractivity contribution in [2.24, 2.45) is 0 Å². The third-order valence-corrected chi connectivity index (χ3v) is 3.12. The third kappa shape index (κ3) is 1.91. The van der Waals surface area contributed by atoms with Crippen LogP contribution in [0.3, 0.4) is 0 Å². The van der Waals surface area contributed by atoms with Crippen LogP contribution in [0.15, 0.2) is 23.6 Å². The lowest BCUT2D eigenvalue weighted by Gasteiger charge is -2.12. The Morgan fingerprint density at radius 1 is 1.33 bits per heavy atom. The minimum atomic E-state index is -0.663. The summed E-state index contributed by atoms with van der Waals surface area (Å²) in [5.74, 6) is 0. The first-order chi connectivity index (χ1) is 7.20. The van der Waals surface area contributed by atoms with Gasteiger partial charge in [-0.3, -0.25) is 0 Å². The molecule has 1 aromatic heterocycles. The highest BCUT2D eigenvalue weighted by atomic mass is 32.1. The molecular formula is C11H12N2OS. The van der Waals surface area contributed by atoms with Gasteiger partial charge in [-0.05, 0) is 42.1 Å². The molecule has 1 heterocycles. The Morgan fingerprint density at radius 2 is 2.13 bits per heavy atom. The average molecular weight is 220 g/mol. The van der Waals surface area contributed by atoms with Crippen LogP contribution in [0.1, 0.15) is 28.5 Å². The Balaban J connectivity index is 2.42. The lowest BCUT2D eigenvalue weighted by Crippen LogP contribution is -2.03. The number of hydrogen-bond donors (Lipinski definition) is 1. The second-order valence-electron chi connectivity index (χ2n) is 3.52. The van der Waals surface area contributed by atoms with Crippen molar-refractivity contribution >= 4 is 11.5 Å². The molecule has 0 bridgehead atoms. The van der Waals surface area contributed by atoms with E-state index in [1.54, 1.807) is 5.38 Å². The standard InChI is InChI=1S/C11H12N2OS/c1-7-4-3-5-9(8(7)2)11(14)10-6-15-13-12-10/h3-6,11,14H,1-2H3. The minimum absolute atomic E-state index is 0.619. The maximum atomic E-state index is 10.1. The van der Waals surface area contributed by atoms with Crippen molar-refractivity contribution in [2.75, 3.05) is 0 Å². The number of aryl methyl sites for hydroxylation is 1. The van der Waals surface area contributed by atoms with Gasteiger partial charge in [-0.25, -0.2) is 0 Å². The quantitative estimate of drug-likeness (QED) is 0.844. The smallest absolute Gasteiger partial charge is 0.124 e. The largest absolute Gasteiger partial charge is 0.382 e. The van der Waals surface area contributed by atoms with E-state index < -0.39 is 6.10 Å². The van der Waals surface area contributed by atoms with Crippen LogP contribution in [-0.2, 0) is 0 Å². The summed E-state index contributed by atoms with van der Waals surface area (Å²) in [6, 6.07) is 5.90. The van der Waals surface area contributed by atoms with Crippen LogP contribution < -0.4 is 0 Å². The maximum Gasteiger partial charge on any atom is 0.124 e. The summed E-state index contributed by atoms with van der Waals surface area (Å²) in [4.78, 5) is 0. The molecule has 0 spiro atoms. The van der Waals surface area contributed by atoms with E-state index in [0.29, 0.717) is 5.69 Å². The zero-order valence-electron chi connectivity index (χ0n) is 8.64. The van der Waals surface area contributed by atoms with Crippen LogP contribution in [0, 0.1) is 13.8 Å². The van der Waals surface area contributed by atoms with Crippen molar-refractivity contribution in [3.8, 4) is 0 Å². The molecule has 2 aromatic rings. The zero-order valence-corrected chi connectivity index (χ0v) is 9.45. The van der Waals surface area contributed by atoms with Gasteiger partial charge in [0.2, 0.25) is 0 Å². The number of rotatable bonds is 2. The van der Waals surface area contributed by atoms with E-state index in [2.05, 4.69) is 9.59 Å². The average Bonchev–Trinajstić information content (AvgIpc) is 2.74. The molecule has 0 radical (unpaired) electrons. The van der Waals surface area contributed by atoms with E-state index in [4.69, 9.17) is 0 Å². The molecule has 15 heavy (non-hydrogen) atoms. The van der Waals surface area contributed by atoms with Crippen molar-refractivity contribution in [3.05, 3.63) is 46.0 Å².